The second-order valence-corrected chi connectivity index (χ2v) is 5.55. The summed E-state index contributed by atoms with van der Waals surface area (Å²) in [4.78, 5) is 2.63. The molecule has 1 rings (SSSR count). The summed E-state index contributed by atoms with van der Waals surface area (Å²) in [6.07, 6.45) is 5.67. The Labute approximate surface area is 91.0 Å². The van der Waals surface area contributed by atoms with Crippen LogP contribution in [0.1, 0.15) is 39.5 Å². The number of hydrogen-bond donors (Lipinski definition) is 0. The van der Waals surface area contributed by atoms with Crippen molar-refractivity contribution < 1.29 is 0 Å². The van der Waals surface area contributed by atoms with Crippen LogP contribution in [0.3, 0.4) is 0 Å². The number of alkyl halides is 1. The van der Waals surface area contributed by atoms with Gasteiger partial charge in [0, 0.05) is 11.9 Å². The molecule has 1 heterocycles. The number of halogens is 1. The maximum absolute atomic E-state index is 3.59. The molecule has 0 amide bonds. The summed E-state index contributed by atoms with van der Waals surface area (Å²) in [6.45, 7) is 8.56. The van der Waals surface area contributed by atoms with Crippen molar-refractivity contribution in [3.63, 3.8) is 0 Å². The Morgan fingerprint density at radius 2 is 1.62 bits per heavy atom. The third-order valence-corrected chi connectivity index (χ3v) is 4.23. The first-order valence-corrected chi connectivity index (χ1v) is 6.54. The van der Waals surface area contributed by atoms with Crippen molar-refractivity contribution in [1.82, 2.24) is 4.90 Å². The van der Waals surface area contributed by atoms with Crippen molar-refractivity contribution in [2.45, 2.75) is 39.5 Å². The molecule has 0 spiro atoms. The molecule has 78 valence electrons. The normalized spacial score (nSPS) is 21.5. The van der Waals surface area contributed by atoms with E-state index in [2.05, 4.69) is 34.7 Å². The summed E-state index contributed by atoms with van der Waals surface area (Å²) in [7, 11) is 0. The molecule has 1 aliphatic heterocycles. The van der Waals surface area contributed by atoms with Crippen LogP contribution in [0, 0.1) is 5.41 Å². The summed E-state index contributed by atoms with van der Waals surface area (Å²) in [5, 5.41) is 1.11. The minimum absolute atomic E-state index is 0.435. The molecule has 13 heavy (non-hydrogen) atoms. The van der Waals surface area contributed by atoms with Gasteiger partial charge in [-0.3, -0.25) is 0 Å². The Balaban J connectivity index is 2.33. The molecule has 1 fully saturated rings. The van der Waals surface area contributed by atoms with Gasteiger partial charge in [0.1, 0.15) is 0 Å². The van der Waals surface area contributed by atoms with Gasteiger partial charge in [-0.2, -0.15) is 0 Å². The number of hydrogen-bond acceptors (Lipinski definition) is 1. The van der Waals surface area contributed by atoms with Crippen molar-refractivity contribution >= 4 is 15.9 Å². The van der Waals surface area contributed by atoms with E-state index in [1.165, 1.54) is 45.3 Å². The third kappa shape index (κ3) is 4.46. The highest BCUT2D eigenvalue weighted by Crippen LogP contribution is 2.21. The lowest BCUT2D eigenvalue weighted by molar-refractivity contribution is 0.201. The number of likely N-dealkylation sites (tertiary alicyclic amines) is 1. The first-order chi connectivity index (χ1) is 6.14. The van der Waals surface area contributed by atoms with Crippen LogP contribution in [0.25, 0.3) is 0 Å². The number of rotatable bonds is 3. The third-order valence-electron chi connectivity index (χ3n) is 2.71. The number of nitrogens with zero attached hydrogens (tertiary/aromatic N) is 1. The standard InChI is InChI=1S/C11H22BrN/c1-11(2,9-12)10-13-7-5-3-4-6-8-13/h3-10H2,1-2H3. The van der Waals surface area contributed by atoms with Crippen molar-refractivity contribution in [2.75, 3.05) is 25.0 Å². The minimum Gasteiger partial charge on any atom is -0.303 e. The van der Waals surface area contributed by atoms with Crippen LogP contribution in [0.5, 0.6) is 0 Å². The molecule has 0 aromatic carbocycles. The molecule has 0 aliphatic carbocycles. The zero-order valence-electron chi connectivity index (χ0n) is 8.98. The van der Waals surface area contributed by atoms with Gasteiger partial charge in [-0.15, -0.1) is 0 Å². The summed E-state index contributed by atoms with van der Waals surface area (Å²) in [6, 6.07) is 0. The smallest absolute Gasteiger partial charge is 0.00949 e. The van der Waals surface area contributed by atoms with E-state index in [0.717, 1.165) is 5.33 Å². The molecule has 0 aromatic heterocycles. The van der Waals surface area contributed by atoms with Crippen molar-refractivity contribution in [3.8, 4) is 0 Å². The fourth-order valence-corrected chi connectivity index (χ4v) is 2.12. The van der Waals surface area contributed by atoms with Crippen LogP contribution in [-0.2, 0) is 0 Å². The maximum Gasteiger partial charge on any atom is 0.00949 e. The van der Waals surface area contributed by atoms with E-state index in [1.54, 1.807) is 0 Å². The van der Waals surface area contributed by atoms with Crippen LogP contribution in [0.15, 0.2) is 0 Å². The molecule has 0 N–H and O–H groups in total. The van der Waals surface area contributed by atoms with Gasteiger partial charge in [-0.05, 0) is 31.3 Å². The van der Waals surface area contributed by atoms with Gasteiger partial charge in [0.05, 0.1) is 0 Å². The molecule has 1 aliphatic rings. The van der Waals surface area contributed by atoms with Gasteiger partial charge >= 0.3 is 0 Å². The Morgan fingerprint density at radius 3 is 2.08 bits per heavy atom. The fraction of sp³-hybridized carbons (Fsp3) is 1.00. The fourth-order valence-electron chi connectivity index (χ4n) is 1.94. The van der Waals surface area contributed by atoms with E-state index in [-0.39, 0.29) is 0 Å². The van der Waals surface area contributed by atoms with Gasteiger partial charge in [-0.1, -0.05) is 42.6 Å². The predicted molar refractivity (Wildman–Crippen MR) is 62.5 cm³/mol. The van der Waals surface area contributed by atoms with Gasteiger partial charge in [0.2, 0.25) is 0 Å². The van der Waals surface area contributed by atoms with Crippen molar-refractivity contribution in [2.24, 2.45) is 5.41 Å². The highest BCUT2D eigenvalue weighted by atomic mass is 79.9. The SMILES string of the molecule is CC(C)(CBr)CN1CCCCCC1. The van der Waals surface area contributed by atoms with Crippen LogP contribution < -0.4 is 0 Å². The van der Waals surface area contributed by atoms with E-state index in [0.29, 0.717) is 5.41 Å². The molecule has 0 bridgehead atoms. The van der Waals surface area contributed by atoms with Crippen LogP contribution in [0.4, 0.5) is 0 Å². The summed E-state index contributed by atoms with van der Waals surface area (Å²) in [5.74, 6) is 0. The maximum atomic E-state index is 3.59. The molecule has 1 saturated heterocycles. The Kier molecular flexibility index (Phi) is 4.74. The predicted octanol–water partition coefficient (Wildman–Crippen LogP) is 3.28. The second kappa shape index (κ2) is 5.35. The molecule has 0 saturated carbocycles. The molecule has 0 radical (unpaired) electrons. The van der Waals surface area contributed by atoms with Crippen molar-refractivity contribution in [3.05, 3.63) is 0 Å². The Morgan fingerprint density at radius 1 is 1.08 bits per heavy atom. The zero-order valence-corrected chi connectivity index (χ0v) is 10.6. The zero-order chi connectivity index (χ0) is 9.73. The molecule has 2 heteroatoms. The van der Waals surface area contributed by atoms with Crippen LogP contribution in [-0.4, -0.2) is 29.9 Å². The molecular formula is C11H22BrN. The van der Waals surface area contributed by atoms with Gasteiger partial charge in [0.25, 0.3) is 0 Å². The highest BCUT2D eigenvalue weighted by molar-refractivity contribution is 9.09. The Hall–Kier alpha value is 0.440. The molecule has 0 atom stereocenters. The lowest BCUT2D eigenvalue weighted by Crippen LogP contribution is -2.35. The first kappa shape index (κ1) is 11.5. The first-order valence-electron chi connectivity index (χ1n) is 5.42. The minimum atomic E-state index is 0.435. The van der Waals surface area contributed by atoms with E-state index < -0.39 is 0 Å². The van der Waals surface area contributed by atoms with Crippen molar-refractivity contribution in [1.29, 1.82) is 0 Å². The van der Waals surface area contributed by atoms with E-state index in [9.17, 15) is 0 Å². The molecule has 1 nitrogen and oxygen atoms in total. The molecule has 0 aromatic rings. The second-order valence-electron chi connectivity index (χ2n) is 4.99. The molecular weight excluding hydrogens is 226 g/mol. The average Bonchev–Trinajstić information content (AvgIpc) is 2.32. The van der Waals surface area contributed by atoms with Gasteiger partial charge in [-0.25, -0.2) is 0 Å². The summed E-state index contributed by atoms with van der Waals surface area (Å²) < 4.78 is 0. The topological polar surface area (TPSA) is 3.24 Å². The van der Waals surface area contributed by atoms with E-state index in [4.69, 9.17) is 0 Å². The van der Waals surface area contributed by atoms with E-state index in [1.807, 2.05) is 0 Å². The monoisotopic (exact) mass is 247 g/mol. The molecule has 0 unspecified atom stereocenters. The van der Waals surface area contributed by atoms with Crippen LogP contribution >= 0.6 is 15.9 Å². The Bertz CT molecular complexity index is 137. The van der Waals surface area contributed by atoms with E-state index >= 15 is 0 Å². The largest absolute Gasteiger partial charge is 0.303 e. The quantitative estimate of drug-likeness (QED) is 0.693. The van der Waals surface area contributed by atoms with Crippen LogP contribution in [0.2, 0.25) is 0 Å². The summed E-state index contributed by atoms with van der Waals surface area (Å²) >= 11 is 3.59. The highest BCUT2D eigenvalue weighted by Gasteiger charge is 2.20. The van der Waals surface area contributed by atoms with Gasteiger partial charge < -0.3 is 4.90 Å². The average molecular weight is 248 g/mol. The lowest BCUT2D eigenvalue weighted by Gasteiger charge is -2.30. The summed E-state index contributed by atoms with van der Waals surface area (Å²) in [5.41, 5.74) is 0.435. The lowest BCUT2D eigenvalue weighted by atomic mass is 9.96. The van der Waals surface area contributed by atoms with Gasteiger partial charge in [0.15, 0.2) is 0 Å².